The first kappa shape index (κ1) is 15.5. The molecule has 0 saturated carbocycles. The molecule has 0 atom stereocenters. The number of methoxy groups -OCH3 is 1. The lowest BCUT2D eigenvalue weighted by Gasteiger charge is -2.06. The van der Waals surface area contributed by atoms with E-state index < -0.39 is 16.0 Å². The van der Waals surface area contributed by atoms with Crippen molar-refractivity contribution in [2.24, 2.45) is 0 Å². The van der Waals surface area contributed by atoms with Crippen LogP contribution in [-0.2, 0) is 20.5 Å². The average Bonchev–Trinajstić information content (AvgIpc) is 3.13. The lowest BCUT2D eigenvalue weighted by atomic mass is 10.2. The highest BCUT2D eigenvalue weighted by Crippen LogP contribution is 2.26. The van der Waals surface area contributed by atoms with Gasteiger partial charge in [0.2, 0.25) is 10.0 Å². The second-order valence-corrected chi connectivity index (χ2v) is 7.28. The lowest BCUT2D eigenvalue weighted by molar-refractivity contribution is 0.0602. The Morgan fingerprint density at radius 2 is 2.13 bits per heavy atom. The molecule has 1 N–H and O–H groups in total. The molecule has 0 fully saturated rings. The first-order valence-electron chi connectivity index (χ1n) is 6.50. The number of thiophene rings is 1. The van der Waals surface area contributed by atoms with Gasteiger partial charge in [0, 0.05) is 5.39 Å². The maximum atomic E-state index is 12.3. The van der Waals surface area contributed by atoms with E-state index in [0.717, 1.165) is 11.3 Å². The van der Waals surface area contributed by atoms with E-state index in [1.165, 1.54) is 13.2 Å². The summed E-state index contributed by atoms with van der Waals surface area (Å²) < 4.78 is 36.8. The fraction of sp³-hybridized carbons (Fsp3) is 0.143. The Kier molecular flexibility index (Phi) is 4.05. The van der Waals surface area contributed by atoms with Crippen LogP contribution >= 0.6 is 11.3 Å². The maximum Gasteiger partial charge on any atom is 0.340 e. The average molecular weight is 352 g/mol. The molecular formula is C14H12N2O5S2. The molecule has 0 amide bonds. The van der Waals surface area contributed by atoms with E-state index in [9.17, 15) is 13.2 Å². The van der Waals surface area contributed by atoms with Crippen LogP contribution in [0.2, 0.25) is 0 Å². The first-order chi connectivity index (χ1) is 11.0. The number of carbonyl (C=O) groups is 1. The molecule has 0 aliphatic rings. The zero-order valence-corrected chi connectivity index (χ0v) is 13.6. The van der Waals surface area contributed by atoms with Crippen molar-refractivity contribution in [2.45, 2.75) is 5.75 Å². The van der Waals surface area contributed by atoms with Crippen molar-refractivity contribution in [3.63, 3.8) is 0 Å². The highest BCUT2D eigenvalue weighted by molar-refractivity contribution is 7.92. The number of ether oxygens (including phenoxy) is 1. The van der Waals surface area contributed by atoms with Crippen molar-refractivity contribution in [3.8, 4) is 0 Å². The molecule has 1 aromatic carbocycles. The van der Waals surface area contributed by atoms with Gasteiger partial charge < -0.3 is 9.26 Å². The van der Waals surface area contributed by atoms with Gasteiger partial charge in [-0.3, -0.25) is 4.72 Å². The fourth-order valence-corrected chi connectivity index (χ4v) is 4.28. The largest absolute Gasteiger partial charge is 0.465 e. The van der Waals surface area contributed by atoms with Gasteiger partial charge in [-0.15, -0.1) is 11.3 Å². The number of nitrogens with one attached hydrogen (secondary N) is 1. The van der Waals surface area contributed by atoms with Crippen molar-refractivity contribution in [3.05, 3.63) is 47.0 Å². The minimum absolute atomic E-state index is 0.172. The minimum atomic E-state index is -3.75. The number of esters is 1. The standard InChI is InChI=1S/C14H12N2O5S2/c1-20-14(17)10-6-7-22-13(10)16-23(18,19)8-11-9-4-2-3-5-12(9)21-15-11/h2-7,16H,8H2,1H3. The molecule has 2 heterocycles. The summed E-state index contributed by atoms with van der Waals surface area (Å²) in [5.74, 6) is -0.960. The smallest absolute Gasteiger partial charge is 0.340 e. The molecule has 120 valence electrons. The van der Waals surface area contributed by atoms with Crippen molar-refractivity contribution >= 4 is 43.3 Å². The number of sulfonamides is 1. The summed E-state index contributed by atoms with van der Waals surface area (Å²) in [7, 11) is -2.52. The second-order valence-electron chi connectivity index (χ2n) is 4.64. The highest BCUT2D eigenvalue weighted by atomic mass is 32.2. The van der Waals surface area contributed by atoms with Crippen LogP contribution in [-0.4, -0.2) is 26.7 Å². The number of aromatic nitrogens is 1. The molecule has 0 spiro atoms. The Morgan fingerprint density at radius 3 is 2.91 bits per heavy atom. The van der Waals surface area contributed by atoms with E-state index in [4.69, 9.17) is 4.52 Å². The van der Waals surface area contributed by atoms with E-state index in [2.05, 4.69) is 14.6 Å². The Labute approximate surface area is 135 Å². The summed E-state index contributed by atoms with van der Waals surface area (Å²) in [6.45, 7) is 0. The molecule has 0 saturated heterocycles. The predicted octanol–water partition coefficient (Wildman–Crippen LogP) is 2.62. The Morgan fingerprint density at radius 1 is 1.35 bits per heavy atom. The number of nitrogens with zero attached hydrogens (tertiary/aromatic N) is 1. The van der Waals surface area contributed by atoms with Gasteiger partial charge in [0.25, 0.3) is 0 Å². The molecule has 0 aliphatic carbocycles. The quantitative estimate of drug-likeness (QED) is 0.709. The van der Waals surface area contributed by atoms with Gasteiger partial charge in [0.05, 0.1) is 12.7 Å². The molecule has 3 aromatic rings. The predicted molar refractivity (Wildman–Crippen MR) is 85.9 cm³/mol. The summed E-state index contributed by atoms with van der Waals surface area (Å²) in [4.78, 5) is 11.6. The molecule has 0 unspecified atom stereocenters. The highest BCUT2D eigenvalue weighted by Gasteiger charge is 2.21. The second kappa shape index (κ2) is 6.01. The number of anilines is 1. The number of para-hydroxylation sites is 1. The third kappa shape index (κ3) is 3.20. The van der Waals surface area contributed by atoms with Gasteiger partial charge >= 0.3 is 5.97 Å². The molecule has 9 heteroatoms. The van der Waals surface area contributed by atoms with E-state index in [1.54, 1.807) is 29.6 Å². The topological polar surface area (TPSA) is 98.5 Å². The molecule has 23 heavy (non-hydrogen) atoms. The Bertz CT molecular complexity index is 958. The van der Waals surface area contributed by atoms with E-state index in [0.29, 0.717) is 16.7 Å². The SMILES string of the molecule is COC(=O)c1ccsc1NS(=O)(=O)Cc1noc2ccccc12. The monoisotopic (exact) mass is 352 g/mol. The molecule has 7 nitrogen and oxygen atoms in total. The number of hydrogen-bond acceptors (Lipinski definition) is 7. The van der Waals surface area contributed by atoms with Crippen molar-refractivity contribution in [1.29, 1.82) is 0 Å². The third-order valence-electron chi connectivity index (χ3n) is 3.10. The van der Waals surface area contributed by atoms with Crippen molar-refractivity contribution in [1.82, 2.24) is 5.16 Å². The van der Waals surface area contributed by atoms with Crippen LogP contribution < -0.4 is 4.72 Å². The lowest BCUT2D eigenvalue weighted by Crippen LogP contribution is -2.16. The normalized spacial score (nSPS) is 11.5. The number of hydrogen-bond donors (Lipinski definition) is 1. The first-order valence-corrected chi connectivity index (χ1v) is 9.03. The van der Waals surface area contributed by atoms with Crippen LogP contribution in [0.4, 0.5) is 5.00 Å². The number of fused-ring (bicyclic) bond motifs is 1. The van der Waals surface area contributed by atoms with Gasteiger partial charge in [-0.05, 0) is 23.6 Å². The Balaban J connectivity index is 1.86. The Hall–Kier alpha value is -2.39. The summed E-state index contributed by atoms with van der Waals surface area (Å²) >= 11 is 1.10. The zero-order valence-electron chi connectivity index (χ0n) is 12.0. The van der Waals surface area contributed by atoms with E-state index in [-0.39, 0.29) is 16.3 Å². The fourth-order valence-electron chi connectivity index (χ4n) is 2.06. The van der Waals surface area contributed by atoms with E-state index >= 15 is 0 Å². The van der Waals surface area contributed by atoms with Crippen LogP contribution in [0.15, 0.2) is 40.2 Å². The van der Waals surface area contributed by atoms with Gasteiger partial charge in [0.1, 0.15) is 16.4 Å². The summed E-state index contributed by atoms with van der Waals surface area (Å²) in [5.41, 5.74) is 0.999. The number of carbonyl (C=O) groups excluding carboxylic acids is 1. The van der Waals surface area contributed by atoms with Crippen molar-refractivity contribution in [2.75, 3.05) is 11.8 Å². The van der Waals surface area contributed by atoms with Gasteiger partial charge in [0.15, 0.2) is 5.58 Å². The molecular weight excluding hydrogens is 340 g/mol. The molecule has 0 aliphatic heterocycles. The van der Waals surface area contributed by atoms with Crippen LogP contribution in [0.5, 0.6) is 0 Å². The summed E-state index contributed by atoms with van der Waals surface area (Å²) in [6.07, 6.45) is 0. The van der Waals surface area contributed by atoms with Crippen LogP contribution in [0.25, 0.3) is 11.0 Å². The van der Waals surface area contributed by atoms with Crippen molar-refractivity contribution < 1.29 is 22.5 Å². The van der Waals surface area contributed by atoms with E-state index in [1.807, 2.05) is 0 Å². The van der Waals surface area contributed by atoms with Gasteiger partial charge in [-0.25, -0.2) is 13.2 Å². The summed E-state index contributed by atoms with van der Waals surface area (Å²) in [6, 6.07) is 8.50. The number of benzene rings is 1. The maximum absolute atomic E-state index is 12.3. The molecule has 0 bridgehead atoms. The minimum Gasteiger partial charge on any atom is -0.465 e. The number of rotatable bonds is 5. The summed E-state index contributed by atoms with van der Waals surface area (Å²) in [5, 5.41) is 6.26. The van der Waals surface area contributed by atoms with Crippen LogP contribution in [0, 0.1) is 0 Å². The van der Waals surface area contributed by atoms with Gasteiger partial charge in [-0.1, -0.05) is 17.3 Å². The zero-order chi connectivity index (χ0) is 16.4. The van der Waals surface area contributed by atoms with Crippen LogP contribution in [0.1, 0.15) is 16.1 Å². The molecule has 3 rings (SSSR count). The third-order valence-corrected chi connectivity index (χ3v) is 5.23. The molecule has 0 radical (unpaired) electrons. The van der Waals surface area contributed by atoms with Gasteiger partial charge in [-0.2, -0.15) is 0 Å². The van der Waals surface area contributed by atoms with Crippen LogP contribution in [0.3, 0.4) is 0 Å². The molecule has 2 aromatic heterocycles.